The number of carbonyl (C=O) groups is 4. The summed E-state index contributed by atoms with van der Waals surface area (Å²) in [6.07, 6.45) is -9.87. The average Bonchev–Trinajstić information content (AvgIpc) is 3.12. The maximum atomic E-state index is 15.7. The van der Waals surface area contributed by atoms with Crippen LogP contribution in [0.15, 0.2) is 66.7 Å². The fourth-order valence-corrected chi connectivity index (χ4v) is 6.40. The number of nitrogens with zero attached hydrogens (tertiary/aromatic N) is 1. The van der Waals surface area contributed by atoms with Crippen molar-refractivity contribution in [2.24, 2.45) is 0 Å². The molecule has 2 N–H and O–H groups in total. The molecule has 1 saturated heterocycles. The normalized spacial score (nSPS) is 16.6. The number of Topliss-reactive ketones (excluding diaryl/α,β-unsaturated/α-hetero) is 1. The summed E-state index contributed by atoms with van der Waals surface area (Å²) in [6.45, 7) is 7.57. The van der Waals surface area contributed by atoms with Crippen LogP contribution >= 0.6 is 0 Å². The summed E-state index contributed by atoms with van der Waals surface area (Å²) in [5, 5.41) is 4.25. The summed E-state index contributed by atoms with van der Waals surface area (Å²) >= 11 is 0. The third-order valence-corrected chi connectivity index (χ3v) is 8.83. The first-order chi connectivity index (χ1) is 27.5. The second-order valence-electron chi connectivity index (χ2n) is 16.1. The van der Waals surface area contributed by atoms with Gasteiger partial charge in [-0.3, -0.25) is 4.79 Å². The van der Waals surface area contributed by atoms with Crippen LogP contribution in [0, 0.1) is 17.5 Å². The molecular weight excluding hydrogens is 788 g/mol. The van der Waals surface area contributed by atoms with Crippen LogP contribution in [0.1, 0.15) is 76.1 Å². The fraction of sp³-hybridized carbons (Fsp3) is 0.476. The molecule has 0 radical (unpaired) electrons. The second-order valence-corrected chi connectivity index (χ2v) is 16.1. The van der Waals surface area contributed by atoms with Crippen LogP contribution in [0.5, 0.6) is 0 Å². The third kappa shape index (κ3) is 15.1. The highest BCUT2D eigenvalue weighted by Gasteiger charge is 2.37. The zero-order valence-electron chi connectivity index (χ0n) is 33.6. The molecule has 0 saturated carbocycles. The Kier molecular flexibility index (Phi) is 15.4. The summed E-state index contributed by atoms with van der Waals surface area (Å²) < 4.78 is 104. The number of amides is 3. The van der Waals surface area contributed by atoms with E-state index in [4.69, 9.17) is 18.9 Å². The Balaban J connectivity index is 1.61. The van der Waals surface area contributed by atoms with E-state index in [0.29, 0.717) is 11.1 Å². The van der Waals surface area contributed by atoms with Gasteiger partial charge in [0.05, 0.1) is 19.2 Å². The van der Waals surface area contributed by atoms with Crippen molar-refractivity contribution >= 4 is 24.1 Å². The molecule has 3 aromatic carbocycles. The third-order valence-electron chi connectivity index (χ3n) is 8.83. The predicted octanol–water partition coefficient (Wildman–Crippen LogP) is 8.17. The quantitative estimate of drug-likeness (QED) is 0.130. The maximum absolute atomic E-state index is 15.7. The molecule has 1 aliphatic rings. The molecule has 3 amide bonds. The van der Waals surface area contributed by atoms with Gasteiger partial charge in [-0.05, 0) is 107 Å². The average molecular weight is 838 g/mol. The molecule has 0 aromatic heterocycles. The molecule has 1 heterocycles. The van der Waals surface area contributed by atoms with Crippen molar-refractivity contribution in [1.29, 1.82) is 0 Å². The van der Waals surface area contributed by atoms with E-state index in [2.05, 4.69) is 5.32 Å². The molecule has 0 unspecified atom stereocenters. The van der Waals surface area contributed by atoms with Crippen LogP contribution in [-0.4, -0.2) is 90.8 Å². The Labute approximate surface area is 338 Å². The largest absolute Gasteiger partial charge is 0.447 e. The Morgan fingerprint density at radius 2 is 1.34 bits per heavy atom. The van der Waals surface area contributed by atoms with Crippen molar-refractivity contribution in [2.45, 2.75) is 102 Å². The Morgan fingerprint density at radius 3 is 1.88 bits per heavy atom. The summed E-state index contributed by atoms with van der Waals surface area (Å²) in [6, 6.07) is 13.2. The Bertz CT molecular complexity index is 1870. The number of nitrogens with one attached hydrogen (secondary N) is 2. The molecule has 0 aliphatic carbocycles. The van der Waals surface area contributed by atoms with Gasteiger partial charge in [0.1, 0.15) is 54.0 Å². The molecule has 0 bridgehead atoms. The van der Waals surface area contributed by atoms with E-state index < -0.39 is 103 Å². The first-order valence-electron chi connectivity index (χ1n) is 18.9. The summed E-state index contributed by atoms with van der Waals surface area (Å²) in [5.74, 6) is -3.34. The lowest BCUT2D eigenvalue weighted by Gasteiger charge is -2.38. The molecule has 1 fully saturated rings. The number of hydrogen-bond donors (Lipinski definition) is 2. The minimum absolute atomic E-state index is 0.0344. The van der Waals surface area contributed by atoms with E-state index in [1.165, 1.54) is 71.6 Å². The molecule has 3 atom stereocenters. The van der Waals surface area contributed by atoms with Crippen molar-refractivity contribution < 1.29 is 64.5 Å². The van der Waals surface area contributed by atoms with E-state index in [1.807, 2.05) is 0 Å². The van der Waals surface area contributed by atoms with Gasteiger partial charge in [0, 0.05) is 12.3 Å². The van der Waals surface area contributed by atoms with Crippen LogP contribution < -0.4 is 10.6 Å². The van der Waals surface area contributed by atoms with Gasteiger partial charge >= 0.3 is 24.5 Å². The smallest absolute Gasteiger partial charge is 0.410 e. The molecule has 3 aromatic rings. The topological polar surface area (TPSA) is 132 Å². The molecule has 4 rings (SSSR count). The molecule has 1 aliphatic heterocycles. The van der Waals surface area contributed by atoms with Crippen LogP contribution in [0.2, 0.25) is 0 Å². The van der Waals surface area contributed by atoms with Crippen molar-refractivity contribution in [3.05, 3.63) is 106 Å². The molecule has 11 nitrogen and oxygen atoms in total. The highest BCUT2D eigenvalue weighted by Crippen LogP contribution is 2.31. The second kappa shape index (κ2) is 19.6. The Morgan fingerprint density at radius 1 is 0.780 bits per heavy atom. The van der Waals surface area contributed by atoms with E-state index in [0.717, 1.165) is 0 Å². The number of ketones is 1. The molecular formula is C42H49F6N3O8. The SMILES string of the molecule is CC(C)(C)OC(=O)N[C@H](C(=O)Cc1cccc(F)c1CC[C@@H]1CN(C(=O)OC(C)(C)C)C[C@@H](COC(=O)NCC(F)(F)F)O1)C(c1ccc(F)cc1)c1ccc(F)cc1. The molecule has 17 heteroatoms. The first kappa shape index (κ1) is 46.4. The number of rotatable bonds is 13. The van der Waals surface area contributed by atoms with Gasteiger partial charge in [-0.2, -0.15) is 13.2 Å². The number of alkyl carbamates (subject to hydrolysis) is 2. The number of alkyl halides is 3. The predicted molar refractivity (Wildman–Crippen MR) is 203 cm³/mol. The number of carbonyl (C=O) groups excluding carboxylic acids is 4. The lowest BCUT2D eigenvalue weighted by molar-refractivity contribution is -0.125. The number of benzene rings is 3. The van der Waals surface area contributed by atoms with Crippen LogP contribution in [0.4, 0.5) is 40.7 Å². The zero-order chi connectivity index (χ0) is 43.7. The molecule has 59 heavy (non-hydrogen) atoms. The van der Waals surface area contributed by atoms with E-state index in [9.17, 15) is 41.1 Å². The maximum Gasteiger partial charge on any atom is 0.410 e. The number of morpholine rings is 1. The summed E-state index contributed by atoms with van der Waals surface area (Å²) in [5.41, 5.74) is -0.650. The van der Waals surface area contributed by atoms with E-state index in [-0.39, 0.29) is 37.1 Å². The highest BCUT2D eigenvalue weighted by atomic mass is 19.4. The number of halogens is 6. The van der Waals surface area contributed by atoms with E-state index >= 15 is 4.39 Å². The minimum Gasteiger partial charge on any atom is -0.447 e. The van der Waals surface area contributed by atoms with Crippen LogP contribution in [0.3, 0.4) is 0 Å². The van der Waals surface area contributed by atoms with Gasteiger partial charge in [-0.15, -0.1) is 0 Å². The fourth-order valence-electron chi connectivity index (χ4n) is 6.40. The van der Waals surface area contributed by atoms with Crippen molar-refractivity contribution in [3.63, 3.8) is 0 Å². The summed E-state index contributed by atoms with van der Waals surface area (Å²) in [7, 11) is 0. The van der Waals surface area contributed by atoms with Crippen LogP contribution in [-0.2, 0) is 36.6 Å². The minimum atomic E-state index is -4.67. The lowest BCUT2D eigenvalue weighted by Crippen LogP contribution is -2.53. The summed E-state index contributed by atoms with van der Waals surface area (Å²) in [4.78, 5) is 54.1. The van der Waals surface area contributed by atoms with Gasteiger partial charge in [0.25, 0.3) is 0 Å². The van der Waals surface area contributed by atoms with Gasteiger partial charge in [0.2, 0.25) is 0 Å². The Hall–Kier alpha value is -5.32. The highest BCUT2D eigenvalue weighted by molar-refractivity contribution is 5.91. The standard InChI is InChI=1S/C42H49F6N3O8/c1-40(2,3)58-38(54)50-36(35(25-10-14-28(43)15-11-25)26-12-16-29(44)17-13-26)34(52)20-27-8-7-9-33(45)32(27)19-18-30-21-51(39(55)59-41(4,5)6)22-31(57-30)23-56-37(53)49-24-42(46,47)48/h7-17,30-31,35-36H,18-24H2,1-6H3,(H,49,53)(H,50,54)/t30-,31+,36-/m1/s1. The van der Waals surface area contributed by atoms with Gasteiger partial charge in [-0.25, -0.2) is 27.6 Å². The molecule has 0 spiro atoms. The van der Waals surface area contributed by atoms with Gasteiger partial charge < -0.3 is 34.5 Å². The van der Waals surface area contributed by atoms with E-state index in [1.54, 1.807) is 46.9 Å². The zero-order valence-corrected chi connectivity index (χ0v) is 33.6. The first-order valence-corrected chi connectivity index (χ1v) is 18.9. The monoisotopic (exact) mass is 837 g/mol. The van der Waals surface area contributed by atoms with Crippen molar-refractivity contribution in [2.75, 3.05) is 26.2 Å². The number of ether oxygens (including phenoxy) is 4. The van der Waals surface area contributed by atoms with Crippen molar-refractivity contribution in [3.8, 4) is 0 Å². The molecule has 322 valence electrons. The number of hydrogen-bond acceptors (Lipinski definition) is 8. The van der Waals surface area contributed by atoms with Gasteiger partial charge in [0.15, 0.2) is 5.78 Å². The lowest BCUT2D eigenvalue weighted by atomic mass is 9.81. The van der Waals surface area contributed by atoms with Crippen LogP contribution in [0.25, 0.3) is 0 Å². The van der Waals surface area contributed by atoms with Crippen molar-refractivity contribution in [1.82, 2.24) is 15.5 Å². The van der Waals surface area contributed by atoms with Gasteiger partial charge in [-0.1, -0.05) is 36.4 Å².